The second-order valence-corrected chi connectivity index (χ2v) is 4.06. The summed E-state index contributed by atoms with van der Waals surface area (Å²) in [5.74, 6) is 0.0258. The van der Waals surface area contributed by atoms with Crippen LogP contribution >= 0.6 is 0 Å². The van der Waals surface area contributed by atoms with Crippen LogP contribution in [-0.4, -0.2) is 19.0 Å². The molecule has 1 aliphatic rings. The van der Waals surface area contributed by atoms with Crippen molar-refractivity contribution in [3.05, 3.63) is 29.8 Å². The minimum atomic E-state index is -0.0272. The van der Waals surface area contributed by atoms with E-state index in [0.717, 1.165) is 12.1 Å². The lowest BCUT2D eigenvalue weighted by molar-refractivity contribution is -0.119. The van der Waals surface area contributed by atoms with E-state index in [-0.39, 0.29) is 17.9 Å². The van der Waals surface area contributed by atoms with Crippen LogP contribution < -0.4 is 10.6 Å². The van der Waals surface area contributed by atoms with Crippen molar-refractivity contribution in [2.24, 2.45) is 11.7 Å². The first-order valence-electron chi connectivity index (χ1n) is 5.17. The standard InChI is InChI=1S/C12H13N3O/c1-15(12(16)10-6-11(10)14)9-4-2-8(7-13)3-5-9/h2-5,10-11H,6,14H2,1H3. The Morgan fingerprint density at radius 2 is 2.06 bits per heavy atom. The second-order valence-electron chi connectivity index (χ2n) is 4.06. The molecule has 1 amide bonds. The van der Waals surface area contributed by atoms with Crippen molar-refractivity contribution in [3.63, 3.8) is 0 Å². The lowest BCUT2D eigenvalue weighted by Crippen LogP contribution is -2.29. The maximum absolute atomic E-state index is 11.9. The first-order chi connectivity index (χ1) is 7.63. The largest absolute Gasteiger partial charge is 0.327 e. The van der Waals surface area contributed by atoms with E-state index >= 15 is 0 Å². The quantitative estimate of drug-likeness (QED) is 0.795. The van der Waals surface area contributed by atoms with Gasteiger partial charge in [0, 0.05) is 18.8 Å². The summed E-state index contributed by atoms with van der Waals surface area (Å²) in [5, 5.41) is 8.66. The number of carbonyl (C=O) groups is 1. The van der Waals surface area contributed by atoms with Crippen LogP contribution in [0.4, 0.5) is 5.69 Å². The zero-order chi connectivity index (χ0) is 11.7. The van der Waals surface area contributed by atoms with Crippen LogP contribution in [0.15, 0.2) is 24.3 Å². The van der Waals surface area contributed by atoms with Crippen molar-refractivity contribution < 1.29 is 4.79 Å². The number of nitriles is 1. The number of hydrogen-bond acceptors (Lipinski definition) is 3. The molecule has 1 aromatic rings. The van der Waals surface area contributed by atoms with E-state index in [1.807, 2.05) is 6.07 Å². The zero-order valence-electron chi connectivity index (χ0n) is 9.05. The van der Waals surface area contributed by atoms with E-state index in [0.29, 0.717) is 5.56 Å². The number of carbonyl (C=O) groups excluding carboxylic acids is 1. The summed E-state index contributed by atoms with van der Waals surface area (Å²) >= 11 is 0. The van der Waals surface area contributed by atoms with Crippen LogP contribution in [0.2, 0.25) is 0 Å². The molecule has 1 aliphatic carbocycles. The van der Waals surface area contributed by atoms with Crippen LogP contribution in [0.1, 0.15) is 12.0 Å². The Hall–Kier alpha value is -1.86. The monoisotopic (exact) mass is 215 g/mol. The SMILES string of the molecule is CN(C(=O)C1CC1N)c1ccc(C#N)cc1. The Balaban J connectivity index is 2.11. The molecule has 0 radical (unpaired) electrons. The third kappa shape index (κ3) is 1.90. The predicted molar refractivity (Wildman–Crippen MR) is 60.6 cm³/mol. The van der Waals surface area contributed by atoms with Gasteiger partial charge < -0.3 is 10.6 Å². The molecule has 16 heavy (non-hydrogen) atoms. The number of hydrogen-bond donors (Lipinski definition) is 1. The maximum atomic E-state index is 11.9. The third-order valence-corrected chi connectivity index (χ3v) is 2.87. The van der Waals surface area contributed by atoms with Gasteiger partial charge in [0.2, 0.25) is 5.91 Å². The Bertz CT molecular complexity index is 446. The topological polar surface area (TPSA) is 70.1 Å². The van der Waals surface area contributed by atoms with Crippen molar-refractivity contribution >= 4 is 11.6 Å². The van der Waals surface area contributed by atoms with Gasteiger partial charge in [0.15, 0.2) is 0 Å². The fourth-order valence-electron chi connectivity index (χ4n) is 1.63. The summed E-state index contributed by atoms with van der Waals surface area (Å²) in [6, 6.07) is 9.00. The minimum absolute atomic E-state index is 0.0216. The summed E-state index contributed by atoms with van der Waals surface area (Å²) in [7, 11) is 1.73. The van der Waals surface area contributed by atoms with Crippen LogP contribution in [0.3, 0.4) is 0 Å². The minimum Gasteiger partial charge on any atom is -0.327 e. The molecule has 0 aromatic heterocycles. The molecule has 4 heteroatoms. The fraction of sp³-hybridized carbons (Fsp3) is 0.333. The van der Waals surface area contributed by atoms with Crippen LogP contribution in [0.25, 0.3) is 0 Å². The molecule has 2 N–H and O–H groups in total. The van der Waals surface area contributed by atoms with Gasteiger partial charge in [-0.05, 0) is 30.7 Å². The summed E-state index contributed by atoms with van der Waals surface area (Å²) < 4.78 is 0. The fourth-order valence-corrected chi connectivity index (χ4v) is 1.63. The molecule has 4 nitrogen and oxygen atoms in total. The van der Waals surface area contributed by atoms with Gasteiger partial charge in [0.1, 0.15) is 0 Å². The highest BCUT2D eigenvalue weighted by Crippen LogP contribution is 2.31. The summed E-state index contributed by atoms with van der Waals surface area (Å²) in [6.45, 7) is 0. The smallest absolute Gasteiger partial charge is 0.231 e. The van der Waals surface area contributed by atoms with Crippen molar-refractivity contribution in [3.8, 4) is 6.07 Å². The van der Waals surface area contributed by atoms with E-state index in [1.165, 1.54) is 0 Å². The van der Waals surface area contributed by atoms with Gasteiger partial charge in [-0.1, -0.05) is 0 Å². The molecule has 0 spiro atoms. The number of rotatable bonds is 2. The van der Waals surface area contributed by atoms with E-state index in [1.54, 1.807) is 36.2 Å². The van der Waals surface area contributed by atoms with Crippen LogP contribution in [-0.2, 0) is 4.79 Å². The van der Waals surface area contributed by atoms with Gasteiger partial charge in [0.05, 0.1) is 17.6 Å². The average Bonchev–Trinajstić information content (AvgIpc) is 3.04. The van der Waals surface area contributed by atoms with Gasteiger partial charge in [-0.15, -0.1) is 0 Å². The molecule has 1 fully saturated rings. The Morgan fingerprint density at radius 3 is 2.50 bits per heavy atom. The van der Waals surface area contributed by atoms with Crippen molar-refractivity contribution in [1.29, 1.82) is 5.26 Å². The van der Waals surface area contributed by atoms with Gasteiger partial charge in [0.25, 0.3) is 0 Å². The van der Waals surface area contributed by atoms with Crippen molar-refractivity contribution in [2.75, 3.05) is 11.9 Å². The number of nitrogens with two attached hydrogens (primary N) is 1. The van der Waals surface area contributed by atoms with Crippen LogP contribution in [0, 0.1) is 17.2 Å². The zero-order valence-corrected chi connectivity index (χ0v) is 9.05. The molecular weight excluding hydrogens is 202 g/mol. The lowest BCUT2D eigenvalue weighted by atomic mass is 10.2. The number of nitrogens with zero attached hydrogens (tertiary/aromatic N) is 2. The molecule has 2 rings (SSSR count). The lowest BCUT2D eigenvalue weighted by Gasteiger charge is -2.17. The van der Waals surface area contributed by atoms with E-state index < -0.39 is 0 Å². The number of benzene rings is 1. The summed E-state index contributed by atoms with van der Waals surface area (Å²) in [5.41, 5.74) is 7.02. The normalized spacial score (nSPS) is 22.3. The molecule has 82 valence electrons. The molecule has 0 bridgehead atoms. The molecule has 2 unspecified atom stereocenters. The first kappa shape index (κ1) is 10.7. The molecule has 1 saturated carbocycles. The summed E-state index contributed by atoms with van der Waals surface area (Å²) in [4.78, 5) is 13.4. The Kier molecular flexibility index (Phi) is 2.63. The summed E-state index contributed by atoms with van der Waals surface area (Å²) in [6.07, 6.45) is 0.777. The van der Waals surface area contributed by atoms with Gasteiger partial charge >= 0.3 is 0 Å². The second kappa shape index (κ2) is 3.95. The molecule has 0 saturated heterocycles. The van der Waals surface area contributed by atoms with E-state index in [4.69, 9.17) is 11.0 Å². The highest BCUT2D eigenvalue weighted by Gasteiger charge is 2.41. The Morgan fingerprint density at radius 1 is 1.50 bits per heavy atom. The van der Waals surface area contributed by atoms with Gasteiger partial charge in [-0.3, -0.25) is 4.79 Å². The van der Waals surface area contributed by atoms with Crippen LogP contribution in [0.5, 0.6) is 0 Å². The van der Waals surface area contributed by atoms with E-state index in [9.17, 15) is 4.79 Å². The predicted octanol–water partition coefficient (Wildman–Crippen LogP) is 0.868. The highest BCUT2D eigenvalue weighted by molar-refractivity contribution is 5.96. The molecule has 1 aromatic carbocycles. The molecule has 0 aliphatic heterocycles. The number of amides is 1. The van der Waals surface area contributed by atoms with Crippen molar-refractivity contribution in [1.82, 2.24) is 0 Å². The first-order valence-corrected chi connectivity index (χ1v) is 5.17. The third-order valence-electron chi connectivity index (χ3n) is 2.87. The van der Waals surface area contributed by atoms with Crippen molar-refractivity contribution in [2.45, 2.75) is 12.5 Å². The highest BCUT2D eigenvalue weighted by atomic mass is 16.2. The number of anilines is 1. The Labute approximate surface area is 94.3 Å². The van der Waals surface area contributed by atoms with Gasteiger partial charge in [-0.25, -0.2) is 0 Å². The molecule has 2 atom stereocenters. The van der Waals surface area contributed by atoms with Gasteiger partial charge in [-0.2, -0.15) is 5.26 Å². The van der Waals surface area contributed by atoms with E-state index in [2.05, 4.69) is 0 Å². The molecule has 0 heterocycles. The molecular formula is C12H13N3O. The maximum Gasteiger partial charge on any atom is 0.231 e. The average molecular weight is 215 g/mol.